The van der Waals surface area contributed by atoms with Crippen LogP contribution >= 0.6 is 34.8 Å². The number of Topliss-reactive ketones (excluding diaryl/α,β-unsaturated/α-hetero) is 1. The van der Waals surface area contributed by atoms with Crippen LogP contribution in [0.15, 0.2) is 24.4 Å². The smallest absolute Gasteiger partial charge is 0.255 e. The van der Waals surface area contributed by atoms with E-state index >= 15 is 0 Å². The Bertz CT molecular complexity index is 1040. The van der Waals surface area contributed by atoms with Gasteiger partial charge in [-0.3, -0.25) is 19.5 Å². The monoisotopic (exact) mass is 486 g/mol. The molecular formula is C21H22Cl3FN4O2. The van der Waals surface area contributed by atoms with Gasteiger partial charge in [-0.1, -0.05) is 34.8 Å². The molecule has 2 aromatic rings. The van der Waals surface area contributed by atoms with Crippen molar-refractivity contribution in [3.63, 3.8) is 0 Å². The van der Waals surface area contributed by atoms with E-state index in [4.69, 9.17) is 34.8 Å². The van der Waals surface area contributed by atoms with E-state index in [0.29, 0.717) is 31.0 Å². The van der Waals surface area contributed by atoms with Crippen molar-refractivity contribution < 1.29 is 14.0 Å². The first-order valence-corrected chi connectivity index (χ1v) is 11.1. The average molecular weight is 488 g/mol. The number of ketones is 1. The summed E-state index contributed by atoms with van der Waals surface area (Å²) in [4.78, 5) is 32.4. The highest BCUT2D eigenvalue weighted by Crippen LogP contribution is 2.50. The highest BCUT2D eigenvalue weighted by atomic mass is 35.6. The van der Waals surface area contributed by atoms with Crippen LogP contribution in [0.25, 0.3) is 0 Å². The Labute approximate surface area is 194 Å². The average Bonchev–Trinajstić information content (AvgIpc) is 3.10. The normalized spacial score (nSPS) is 17.9. The molecule has 1 fully saturated rings. The number of pyridine rings is 1. The lowest BCUT2D eigenvalue weighted by Gasteiger charge is -2.53. The number of hydrogen-bond acceptors (Lipinski definition) is 4. The van der Waals surface area contributed by atoms with Gasteiger partial charge in [0, 0.05) is 45.6 Å². The second-order valence-electron chi connectivity index (χ2n) is 8.24. The summed E-state index contributed by atoms with van der Waals surface area (Å²) in [6.07, 6.45) is 4.22. The molecule has 0 unspecified atom stereocenters. The van der Waals surface area contributed by atoms with Crippen LogP contribution in [-0.4, -0.2) is 55.5 Å². The molecule has 0 saturated heterocycles. The number of alkyl halides is 3. The molecule has 0 atom stereocenters. The van der Waals surface area contributed by atoms with Gasteiger partial charge < -0.3 is 9.47 Å². The molecule has 166 valence electrons. The Kier molecular flexibility index (Phi) is 5.83. The van der Waals surface area contributed by atoms with Crippen LogP contribution in [-0.2, 0) is 18.6 Å². The molecule has 2 aromatic heterocycles. The van der Waals surface area contributed by atoms with Crippen molar-refractivity contribution in [2.75, 3.05) is 20.6 Å². The summed E-state index contributed by atoms with van der Waals surface area (Å²) >= 11 is 17.5. The zero-order valence-electron chi connectivity index (χ0n) is 17.2. The van der Waals surface area contributed by atoms with Crippen molar-refractivity contribution in [1.29, 1.82) is 0 Å². The zero-order chi connectivity index (χ0) is 22.6. The van der Waals surface area contributed by atoms with Crippen molar-refractivity contribution in [3.05, 3.63) is 52.9 Å². The predicted molar refractivity (Wildman–Crippen MR) is 117 cm³/mol. The molecule has 3 heterocycles. The number of fused-ring (bicyclic) bond motifs is 2. The molecule has 0 aromatic carbocycles. The fourth-order valence-electron chi connectivity index (χ4n) is 4.51. The summed E-state index contributed by atoms with van der Waals surface area (Å²) in [5, 5.41) is 0. The summed E-state index contributed by atoms with van der Waals surface area (Å²) in [7, 11) is 3.22. The van der Waals surface area contributed by atoms with Crippen molar-refractivity contribution in [3.8, 4) is 0 Å². The Morgan fingerprint density at radius 1 is 1.23 bits per heavy atom. The molecule has 4 rings (SSSR count). The number of nitrogens with zero attached hydrogens (tertiary/aromatic N) is 4. The van der Waals surface area contributed by atoms with Crippen LogP contribution < -0.4 is 0 Å². The van der Waals surface area contributed by atoms with E-state index < -0.39 is 15.4 Å². The lowest BCUT2D eigenvalue weighted by atomic mass is 9.71. The largest absolute Gasteiger partial charge is 0.345 e. The zero-order valence-corrected chi connectivity index (χ0v) is 19.4. The maximum absolute atomic E-state index is 14.8. The van der Waals surface area contributed by atoms with Crippen molar-refractivity contribution in [2.45, 2.75) is 41.7 Å². The van der Waals surface area contributed by atoms with E-state index in [1.807, 2.05) is 10.6 Å². The summed E-state index contributed by atoms with van der Waals surface area (Å²) < 4.78 is 14.7. The third-order valence-electron chi connectivity index (χ3n) is 6.24. The van der Waals surface area contributed by atoms with Gasteiger partial charge in [0.2, 0.25) is 5.78 Å². The molecule has 10 heteroatoms. The Morgan fingerprint density at radius 2 is 1.94 bits per heavy atom. The molecule has 0 radical (unpaired) electrons. The minimum absolute atomic E-state index is 0.215. The molecule has 1 spiro atoms. The van der Waals surface area contributed by atoms with Gasteiger partial charge in [0.25, 0.3) is 9.70 Å². The van der Waals surface area contributed by atoms with Crippen LogP contribution in [0.2, 0.25) is 0 Å². The molecule has 0 bridgehead atoms. The Morgan fingerprint density at radius 3 is 2.48 bits per heavy atom. The fourth-order valence-corrected chi connectivity index (χ4v) is 4.80. The van der Waals surface area contributed by atoms with Crippen LogP contribution in [0.4, 0.5) is 4.39 Å². The van der Waals surface area contributed by atoms with E-state index in [9.17, 15) is 14.0 Å². The molecular weight excluding hydrogens is 466 g/mol. The van der Waals surface area contributed by atoms with Crippen LogP contribution in [0.5, 0.6) is 0 Å². The van der Waals surface area contributed by atoms with Gasteiger partial charge in [-0.15, -0.1) is 0 Å². The second kappa shape index (κ2) is 8.03. The highest BCUT2D eigenvalue weighted by molar-refractivity contribution is 6.77. The number of carbonyl (C=O) groups is 2. The predicted octanol–water partition coefficient (Wildman–Crippen LogP) is 4.17. The molecule has 1 aliphatic heterocycles. The fraction of sp³-hybridized carbons (Fsp3) is 0.476. The van der Waals surface area contributed by atoms with E-state index in [-0.39, 0.29) is 17.0 Å². The summed E-state index contributed by atoms with van der Waals surface area (Å²) in [6, 6.07) is 4.84. The number of hydrogen-bond donors (Lipinski definition) is 0. The van der Waals surface area contributed by atoms with Crippen LogP contribution in [0.1, 0.15) is 51.5 Å². The maximum Gasteiger partial charge on any atom is 0.255 e. The van der Waals surface area contributed by atoms with Gasteiger partial charge in [-0.05, 0) is 37.5 Å². The standard InChI is InChI=1S/C21H22Cl3FN4O2/c1-27(2)19(31)13-10-14(25)15(26-11-13)12-28-8-9-29-16(18(30)21(22,23)24)4-5-17(29)20(28)6-3-7-20/h4-5,10-11H,3,6-9,12H2,1-2H3. The minimum Gasteiger partial charge on any atom is -0.345 e. The Balaban J connectivity index is 1.62. The van der Waals surface area contributed by atoms with Gasteiger partial charge in [0.15, 0.2) is 0 Å². The summed E-state index contributed by atoms with van der Waals surface area (Å²) in [6.45, 7) is 1.42. The first-order valence-electron chi connectivity index (χ1n) is 9.97. The van der Waals surface area contributed by atoms with Crippen LogP contribution in [0.3, 0.4) is 0 Å². The molecule has 2 aliphatic rings. The van der Waals surface area contributed by atoms with Crippen molar-refractivity contribution in [1.82, 2.24) is 19.4 Å². The van der Waals surface area contributed by atoms with E-state index in [2.05, 4.69) is 9.88 Å². The molecule has 1 aliphatic carbocycles. The number of carbonyl (C=O) groups excluding carboxylic acids is 2. The highest BCUT2D eigenvalue weighted by Gasteiger charge is 2.49. The van der Waals surface area contributed by atoms with E-state index in [1.54, 1.807) is 20.2 Å². The molecule has 31 heavy (non-hydrogen) atoms. The van der Waals surface area contributed by atoms with Crippen molar-refractivity contribution >= 4 is 46.5 Å². The number of rotatable bonds is 4. The third-order valence-corrected chi connectivity index (χ3v) is 6.75. The molecule has 6 nitrogen and oxygen atoms in total. The lowest BCUT2D eigenvalue weighted by Crippen LogP contribution is -2.56. The molecule has 1 saturated carbocycles. The SMILES string of the molecule is CN(C)C(=O)c1cnc(CN2CCn3c(C(=O)C(Cl)(Cl)Cl)ccc3C23CCC3)c(F)c1. The first-order chi connectivity index (χ1) is 14.5. The number of amides is 1. The van der Waals surface area contributed by atoms with Gasteiger partial charge in [0.05, 0.1) is 22.5 Å². The third kappa shape index (κ3) is 3.86. The van der Waals surface area contributed by atoms with E-state index in [1.165, 1.54) is 17.2 Å². The summed E-state index contributed by atoms with van der Waals surface area (Å²) in [5.41, 5.74) is 1.54. The van der Waals surface area contributed by atoms with Gasteiger partial charge in [-0.2, -0.15) is 0 Å². The first kappa shape index (κ1) is 22.5. The van der Waals surface area contributed by atoms with Gasteiger partial charge in [0.1, 0.15) is 5.82 Å². The molecule has 1 amide bonds. The van der Waals surface area contributed by atoms with Crippen molar-refractivity contribution in [2.24, 2.45) is 0 Å². The summed E-state index contributed by atoms with van der Waals surface area (Å²) in [5.74, 6) is -1.36. The minimum atomic E-state index is -2.02. The van der Waals surface area contributed by atoms with Crippen LogP contribution in [0, 0.1) is 5.82 Å². The lowest BCUT2D eigenvalue weighted by molar-refractivity contribution is -0.0231. The number of halogens is 4. The Hall–Kier alpha value is -1.67. The van der Waals surface area contributed by atoms with Gasteiger partial charge >= 0.3 is 0 Å². The maximum atomic E-state index is 14.8. The topological polar surface area (TPSA) is 58.4 Å². The second-order valence-corrected chi connectivity index (χ2v) is 10.5. The quantitative estimate of drug-likeness (QED) is 0.480. The number of aromatic nitrogens is 2. The van der Waals surface area contributed by atoms with Gasteiger partial charge in [-0.25, -0.2) is 4.39 Å². The molecule has 0 N–H and O–H groups in total. The van der Waals surface area contributed by atoms with E-state index in [0.717, 1.165) is 25.0 Å².